The van der Waals surface area contributed by atoms with Gasteiger partial charge in [0, 0.05) is 69.1 Å². The maximum atomic E-state index is 13.7. The van der Waals surface area contributed by atoms with Crippen LogP contribution in [0.2, 0.25) is 0 Å². The van der Waals surface area contributed by atoms with E-state index in [0.717, 1.165) is 35.4 Å². The molecule has 0 unspecified atom stereocenters. The fourth-order valence-electron chi connectivity index (χ4n) is 7.11. The first kappa shape index (κ1) is 34.7. The minimum atomic E-state index is -4.51. The van der Waals surface area contributed by atoms with Crippen molar-refractivity contribution >= 4 is 46.4 Å². The van der Waals surface area contributed by atoms with Crippen molar-refractivity contribution in [1.29, 1.82) is 0 Å². The Hall–Kier alpha value is -7.08. The highest BCUT2D eigenvalue weighted by Crippen LogP contribution is 2.40. The number of fused-ring (bicyclic) bond motifs is 8. The molecule has 6 nitrogen and oxygen atoms in total. The number of pyridine rings is 2. The molecule has 0 saturated carbocycles. The lowest BCUT2D eigenvalue weighted by atomic mass is 10.0. The molecular formula is C44H26F6N6. The lowest BCUT2D eigenvalue weighted by molar-refractivity contribution is -0.138. The zero-order chi connectivity index (χ0) is 38.6. The summed E-state index contributed by atoms with van der Waals surface area (Å²) < 4.78 is 82.0. The number of alkyl halides is 6. The van der Waals surface area contributed by atoms with Crippen LogP contribution in [-0.4, -0.2) is 29.9 Å². The van der Waals surface area contributed by atoms with E-state index in [1.807, 2.05) is 72.8 Å². The molecule has 0 fully saturated rings. The summed E-state index contributed by atoms with van der Waals surface area (Å²) in [6.07, 6.45) is 4.93. The molecule has 2 aromatic carbocycles. The molecule has 9 rings (SSSR count). The van der Waals surface area contributed by atoms with Gasteiger partial charge in [-0.05, 0) is 119 Å². The molecule has 0 spiro atoms. The minimum absolute atomic E-state index is 0.509. The van der Waals surface area contributed by atoms with Crippen LogP contribution in [0.15, 0.2) is 122 Å². The molecule has 2 aliphatic heterocycles. The van der Waals surface area contributed by atoms with Crippen LogP contribution in [-0.2, 0) is 12.4 Å². The van der Waals surface area contributed by atoms with E-state index in [-0.39, 0.29) is 0 Å². The molecule has 0 radical (unpaired) electrons. The van der Waals surface area contributed by atoms with Crippen LogP contribution in [0.1, 0.15) is 33.9 Å². The maximum Gasteiger partial charge on any atom is 0.416 e. The molecule has 7 aromatic rings. The predicted octanol–water partition coefficient (Wildman–Crippen LogP) is 12.2. The largest absolute Gasteiger partial charge is 0.416 e. The Balaban J connectivity index is 1.43. The first-order valence-corrected chi connectivity index (χ1v) is 17.3. The van der Waals surface area contributed by atoms with Crippen molar-refractivity contribution in [3.05, 3.63) is 156 Å². The summed E-state index contributed by atoms with van der Waals surface area (Å²) in [5.41, 5.74) is 8.25. The molecule has 274 valence electrons. The van der Waals surface area contributed by atoms with Gasteiger partial charge in [0.2, 0.25) is 0 Å². The number of halogens is 6. The van der Waals surface area contributed by atoms with E-state index in [1.54, 1.807) is 24.8 Å². The van der Waals surface area contributed by atoms with Gasteiger partial charge in [0.25, 0.3) is 0 Å². The van der Waals surface area contributed by atoms with Crippen LogP contribution in [0.25, 0.3) is 90.9 Å². The maximum absolute atomic E-state index is 13.7. The SMILES string of the molecule is FC(F)(F)c1ccc(-c2c3nc(c(-c4ccncc4)c4ccc([nH]4)c(-c4ccc(C(F)(F)F)cc4)c4nc(c(-c5ccncc5)c5ccc2[nH]5)C=C4)C=C3)cc1. The smallest absolute Gasteiger partial charge is 0.354 e. The fourth-order valence-corrected chi connectivity index (χ4v) is 7.11. The summed E-state index contributed by atoms with van der Waals surface area (Å²) in [5, 5.41) is 0. The number of nitrogens with zero attached hydrogens (tertiary/aromatic N) is 4. The van der Waals surface area contributed by atoms with Crippen LogP contribution >= 0.6 is 0 Å². The zero-order valence-electron chi connectivity index (χ0n) is 28.9. The first-order valence-electron chi connectivity index (χ1n) is 17.3. The second-order valence-corrected chi connectivity index (χ2v) is 13.1. The summed E-state index contributed by atoms with van der Waals surface area (Å²) in [7, 11) is 0. The van der Waals surface area contributed by atoms with Crippen LogP contribution in [0.4, 0.5) is 26.3 Å². The van der Waals surface area contributed by atoms with Gasteiger partial charge in [0.15, 0.2) is 0 Å². The van der Waals surface area contributed by atoms with Crippen molar-refractivity contribution in [2.24, 2.45) is 0 Å². The van der Waals surface area contributed by atoms with Gasteiger partial charge >= 0.3 is 12.4 Å². The van der Waals surface area contributed by atoms with Crippen molar-refractivity contribution in [2.45, 2.75) is 12.4 Å². The summed E-state index contributed by atoms with van der Waals surface area (Å²) >= 11 is 0. The normalized spacial score (nSPS) is 12.7. The quantitative estimate of drug-likeness (QED) is 0.175. The second kappa shape index (κ2) is 13.3. The lowest BCUT2D eigenvalue weighted by Gasteiger charge is -2.09. The predicted molar refractivity (Wildman–Crippen MR) is 206 cm³/mol. The van der Waals surface area contributed by atoms with Gasteiger partial charge in [-0.1, -0.05) is 24.3 Å². The highest BCUT2D eigenvalue weighted by atomic mass is 19.4. The standard InChI is InChI=1S/C44H26F6N6/c45-43(46,47)29-5-1-25(2-6-29)39-31-9-13-35(53-31)41(27-17-21-51-22-18-27)37-15-11-33(55-37)40(26-3-7-30(8-4-26)44(48,49)50)34-12-16-38(56-34)42(28-19-23-52-24-20-28)36-14-10-32(39)54-36/h1-24,53,56H. The van der Waals surface area contributed by atoms with Gasteiger partial charge in [-0.25, -0.2) is 9.97 Å². The Morgan fingerprint density at radius 1 is 0.339 bits per heavy atom. The Labute approximate surface area is 314 Å². The average molecular weight is 753 g/mol. The summed E-state index contributed by atoms with van der Waals surface area (Å²) in [5.74, 6) is 0. The topological polar surface area (TPSA) is 83.1 Å². The van der Waals surface area contributed by atoms with Gasteiger partial charge < -0.3 is 9.97 Å². The molecule has 56 heavy (non-hydrogen) atoms. The van der Waals surface area contributed by atoms with Gasteiger partial charge in [-0.15, -0.1) is 0 Å². The molecule has 2 aliphatic rings. The minimum Gasteiger partial charge on any atom is -0.354 e. The monoisotopic (exact) mass is 752 g/mol. The number of rotatable bonds is 4. The highest BCUT2D eigenvalue weighted by Gasteiger charge is 2.31. The third kappa shape index (κ3) is 6.34. The Morgan fingerprint density at radius 3 is 0.875 bits per heavy atom. The second-order valence-electron chi connectivity index (χ2n) is 13.1. The van der Waals surface area contributed by atoms with E-state index >= 15 is 0 Å². The summed E-state index contributed by atoms with van der Waals surface area (Å²) in [6.45, 7) is 0. The van der Waals surface area contributed by atoms with Gasteiger partial charge in [-0.2, -0.15) is 26.3 Å². The number of hydrogen-bond acceptors (Lipinski definition) is 4. The van der Waals surface area contributed by atoms with Crippen LogP contribution in [0, 0.1) is 0 Å². The van der Waals surface area contributed by atoms with Crippen molar-refractivity contribution in [1.82, 2.24) is 29.9 Å². The van der Waals surface area contributed by atoms with E-state index in [1.165, 1.54) is 24.3 Å². The third-order valence-electron chi connectivity index (χ3n) is 9.69. The number of H-pyrrole nitrogens is 2. The van der Waals surface area contributed by atoms with E-state index in [9.17, 15) is 26.3 Å². The van der Waals surface area contributed by atoms with Crippen molar-refractivity contribution in [2.75, 3.05) is 0 Å². The molecular weight excluding hydrogens is 727 g/mol. The van der Waals surface area contributed by atoms with Gasteiger partial charge in [0.05, 0.1) is 33.9 Å². The first-order chi connectivity index (χ1) is 27.0. The lowest BCUT2D eigenvalue weighted by Crippen LogP contribution is -2.04. The zero-order valence-corrected chi connectivity index (χ0v) is 28.9. The van der Waals surface area contributed by atoms with E-state index in [4.69, 9.17) is 9.97 Å². The third-order valence-corrected chi connectivity index (χ3v) is 9.69. The number of aromatic nitrogens is 6. The number of hydrogen-bond donors (Lipinski definition) is 2. The van der Waals surface area contributed by atoms with Gasteiger partial charge in [-0.3, -0.25) is 9.97 Å². The van der Waals surface area contributed by atoms with E-state index < -0.39 is 23.5 Å². The Bertz CT molecular complexity index is 2650. The molecule has 12 heteroatoms. The molecule has 2 N–H and O–H groups in total. The van der Waals surface area contributed by atoms with Crippen molar-refractivity contribution < 1.29 is 26.3 Å². The van der Waals surface area contributed by atoms with E-state index in [0.29, 0.717) is 78.2 Å². The van der Waals surface area contributed by atoms with Crippen LogP contribution < -0.4 is 0 Å². The average Bonchev–Trinajstić information content (AvgIpc) is 4.03. The summed E-state index contributed by atoms with van der Waals surface area (Å²) in [6, 6.07) is 24.8. The molecule has 8 bridgehead atoms. The van der Waals surface area contributed by atoms with Crippen molar-refractivity contribution in [3.8, 4) is 44.5 Å². The number of nitrogens with one attached hydrogen (secondary N) is 2. The molecule has 0 amide bonds. The van der Waals surface area contributed by atoms with Crippen LogP contribution in [0.3, 0.4) is 0 Å². The summed E-state index contributed by atoms with van der Waals surface area (Å²) in [4.78, 5) is 25.6. The Kier molecular flexibility index (Phi) is 8.26. The Morgan fingerprint density at radius 2 is 0.607 bits per heavy atom. The molecule has 5 aromatic heterocycles. The number of benzene rings is 2. The molecule has 7 heterocycles. The van der Waals surface area contributed by atoms with E-state index in [2.05, 4.69) is 19.9 Å². The fraction of sp³-hybridized carbons (Fsp3) is 0.0455. The number of aromatic amines is 2. The van der Waals surface area contributed by atoms with Gasteiger partial charge in [0.1, 0.15) is 0 Å². The van der Waals surface area contributed by atoms with Crippen molar-refractivity contribution in [3.63, 3.8) is 0 Å². The van der Waals surface area contributed by atoms with Crippen LogP contribution in [0.5, 0.6) is 0 Å². The molecule has 0 aliphatic carbocycles. The molecule has 0 atom stereocenters. The molecule has 0 saturated heterocycles. The highest BCUT2D eigenvalue weighted by molar-refractivity contribution is 5.99.